The molecule has 4 nitrogen and oxygen atoms in total. The van der Waals surface area contributed by atoms with Gasteiger partial charge in [-0.1, -0.05) is 23.2 Å². The number of rotatable bonds is 2. The summed E-state index contributed by atoms with van der Waals surface area (Å²) in [5.74, 6) is 0. The maximum Gasteiger partial charge on any atom is 0.323 e. The van der Waals surface area contributed by atoms with Crippen LogP contribution in [0.1, 0.15) is 5.56 Å². The Hall–Kier alpha value is -2.22. The third-order valence-corrected chi connectivity index (χ3v) is 3.03. The van der Waals surface area contributed by atoms with Crippen molar-refractivity contribution in [2.45, 2.75) is 0 Å². The Morgan fingerprint density at radius 1 is 1.05 bits per heavy atom. The number of halogens is 2. The van der Waals surface area contributed by atoms with Gasteiger partial charge in [0.1, 0.15) is 0 Å². The number of carbonyl (C=O) groups excluding carboxylic acids is 1. The number of nitrogens with one attached hydrogen (secondary N) is 2. The standard InChI is InChI=1S/C14H9Cl2N3O/c15-10-2-4-11(5-3-10)18-14(20)19-13-7-9(8-17)1-6-12(13)16/h1-7H,(H2,18,19,20). The summed E-state index contributed by atoms with van der Waals surface area (Å²) in [5.41, 5.74) is 1.38. The smallest absolute Gasteiger partial charge is 0.308 e. The Kier molecular flexibility index (Phi) is 4.46. The molecule has 0 heterocycles. The maximum atomic E-state index is 11.8. The van der Waals surface area contributed by atoms with E-state index >= 15 is 0 Å². The molecule has 0 bridgehead atoms. The highest BCUT2D eigenvalue weighted by molar-refractivity contribution is 6.33. The highest BCUT2D eigenvalue weighted by Crippen LogP contribution is 2.23. The lowest BCUT2D eigenvalue weighted by Gasteiger charge is -2.09. The predicted octanol–water partition coefficient (Wildman–Crippen LogP) is 4.51. The van der Waals surface area contributed by atoms with E-state index in [1.54, 1.807) is 36.4 Å². The van der Waals surface area contributed by atoms with Gasteiger partial charge in [-0.2, -0.15) is 5.26 Å². The van der Waals surface area contributed by atoms with Crippen molar-refractivity contribution >= 4 is 40.6 Å². The van der Waals surface area contributed by atoms with E-state index in [2.05, 4.69) is 10.6 Å². The number of benzene rings is 2. The molecule has 0 atom stereocenters. The molecule has 20 heavy (non-hydrogen) atoms. The van der Waals surface area contributed by atoms with Crippen LogP contribution in [-0.4, -0.2) is 6.03 Å². The number of carbonyl (C=O) groups is 1. The summed E-state index contributed by atoms with van der Waals surface area (Å²) in [6, 6.07) is 12.8. The fourth-order valence-corrected chi connectivity index (χ4v) is 1.80. The number of hydrogen-bond donors (Lipinski definition) is 2. The van der Waals surface area contributed by atoms with Crippen molar-refractivity contribution in [3.8, 4) is 6.07 Å². The molecule has 0 aliphatic rings. The van der Waals surface area contributed by atoms with Gasteiger partial charge in [0.15, 0.2) is 0 Å². The molecule has 0 saturated heterocycles. The highest BCUT2D eigenvalue weighted by Gasteiger charge is 2.07. The van der Waals surface area contributed by atoms with Crippen LogP contribution >= 0.6 is 23.2 Å². The van der Waals surface area contributed by atoms with E-state index in [1.807, 2.05) is 6.07 Å². The first-order chi connectivity index (χ1) is 9.58. The number of nitrogens with zero attached hydrogens (tertiary/aromatic N) is 1. The maximum absolute atomic E-state index is 11.8. The molecule has 2 N–H and O–H groups in total. The molecule has 0 aliphatic heterocycles. The molecule has 0 spiro atoms. The minimum Gasteiger partial charge on any atom is -0.308 e. The summed E-state index contributed by atoms with van der Waals surface area (Å²) in [7, 11) is 0. The van der Waals surface area contributed by atoms with E-state index in [1.165, 1.54) is 6.07 Å². The average molecular weight is 306 g/mol. The normalized spacial score (nSPS) is 9.65. The number of hydrogen-bond acceptors (Lipinski definition) is 2. The topological polar surface area (TPSA) is 64.9 Å². The van der Waals surface area contributed by atoms with Gasteiger partial charge in [0.25, 0.3) is 0 Å². The summed E-state index contributed by atoms with van der Waals surface area (Å²) in [5, 5.41) is 15.0. The molecule has 2 amide bonds. The first-order valence-corrected chi connectivity index (χ1v) is 6.37. The van der Waals surface area contributed by atoms with Gasteiger partial charge in [-0.05, 0) is 42.5 Å². The minimum atomic E-state index is -0.454. The fourth-order valence-electron chi connectivity index (χ4n) is 1.51. The van der Waals surface area contributed by atoms with Gasteiger partial charge in [-0.15, -0.1) is 0 Å². The summed E-state index contributed by atoms with van der Waals surface area (Å²) in [6.07, 6.45) is 0. The summed E-state index contributed by atoms with van der Waals surface area (Å²) in [4.78, 5) is 11.8. The first-order valence-electron chi connectivity index (χ1n) is 5.62. The molecule has 0 aromatic heterocycles. The van der Waals surface area contributed by atoms with Gasteiger partial charge < -0.3 is 10.6 Å². The molecular weight excluding hydrogens is 297 g/mol. The molecular formula is C14H9Cl2N3O. The second-order valence-corrected chi connectivity index (χ2v) is 4.74. The van der Waals surface area contributed by atoms with Crippen LogP contribution in [0.3, 0.4) is 0 Å². The Balaban J connectivity index is 2.08. The third-order valence-electron chi connectivity index (χ3n) is 2.45. The van der Waals surface area contributed by atoms with E-state index in [0.717, 1.165) is 0 Å². The third kappa shape index (κ3) is 3.64. The van der Waals surface area contributed by atoms with Gasteiger partial charge in [0.05, 0.1) is 22.3 Å². The largest absolute Gasteiger partial charge is 0.323 e. The molecule has 0 unspecified atom stereocenters. The summed E-state index contributed by atoms with van der Waals surface area (Å²) in [6.45, 7) is 0. The number of nitriles is 1. The van der Waals surface area contributed by atoms with Crippen LogP contribution in [0.4, 0.5) is 16.2 Å². The van der Waals surface area contributed by atoms with E-state index in [4.69, 9.17) is 28.5 Å². The second kappa shape index (κ2) is 6.29. The van der Waals surface area contributed by atoms with E-state index in [9.17, 15) is 4.79 Å². The summed E-state index contributed by atoms with van der Waals surface area (Å²) >= 11 is 11.7. The summed E-state index contributed by atoms with van der Waals surface area (Å²) < 4.78 is 0. The Bertz CT molecular complexity index is 678. The van der Waals surface area contributed by atoms with Gasteiger partial charge in [-0.25, -0.2) is 4.79 Å². The van der Waals surface area contributed by atoms with Crippen LogP contribution < -0.4 is 10.6 Å². The Morgan fingerprint density at radius 3 is 2.40 bits per heavy atom. The molecule has 0 aliphatic carbocycles. The molecule has 2 aromatic carbocycles. The zero-order chi connectivity index (χ0) is 14.5. The Morgan fingerprint density at radius 2 is 1.75 bits per heavy atom. The molecule has 0 fully saturated rings. The van der Waals surface area contributed by atoms with Gasteiger partial charge >= 0.3 is 6.03 Å². The van der Waals surface area contributed by atoms with E-state index < -0.39 is 6.03 Å². The van der Waals surface area contributed by atoms with Crippen LogP contribution in [0.25, 0.3) is 0 Å². The first kappa shape index (κ1) is 14.2. The van der Waals surface area contributed by atoms with Gasteiger partial charge in [-0.3, -0.25) is 0 Å². The van der Waals surface area contributed by atoms with Crippen molar-refractivity contribution in [2.24, 2.45) is 0 Å². The molecule has 2 rings (SSSR count). The van der Waals surface area contributed by atoms with Crippen molar-refractivity contribution < 1.29 is 4.79 Å². The van der Waals surface area contributed by atoms with Crippen molar-refractivity contribution in [3.05, 3.63) is 58.1 Å². The zero-order valence-corrected chi connectivity index (χ0v) is 11.7. The van der Waals surface area contributed by atoms with Crippen molar-refractivity contribution in [1.82, 2.24) is 0 Å². The minimum absolute atomic E-state index is 0.357. The highest BCUT2D eigenvalue weighted by atomic mass is 35.5. The van der Waals surface area contributed by atoms with E-state index in [-0.39, 0.29) is 0 Å². The average Bonchev–Trinajstić information content (AvgIpc) is 2.44. The van der Waals surface area contributed by atoms with Crippen molar-refractivity contribution in [1.29, 1.82) is 5.26 Å². The van der Waals surface area contributed by atoms with Crippen molar-refractivity contribution in [2.75, 3.05) is 10.6 Å². The predicted molar refractivity (Wildman–Crippen MR) is 80.3 cm³/mol. The lowest BCUT2D eigenvalue weighted by Crippen LogP contribution is -2.19. The van der Waals surface area contributed by atoms with Crippen LogP contribution in [-0.2, 0) is 0 Å². The number of urea groups is 1. The van der Waals surface area contributed by atoms with Crippen LogP contribution in [0.2, 0.25) is 10.0 Å². The Labute approximate surface area is 125 Å². The second-order valence-electron chi connectivity index (χ2n) is 3.89. The molecule has 0 saturated carbocycles. The van der Waals surface area contributed by atoms with Crippen LogP contribution in [0, 0.1) is 11.3 Å². The monoisotopic (exact) mass is 305 g/mol. The zero-order valence-electron chi connectivity index (χ0n) is 10.2. The van der Waals surface area contributed by atoms with Crippen LogP contribution in [0.5, 0.6) is 0 Å². The number of anilines is 2. The fraction of sp³-hybridized carbons (Fsp3) is 0. The van der Waals surface area contributed by atoms with Gasteiger partial charge in [0, 0.05) is 10.7 Å². The number of amides is 2. The molecule has 6 heteroatoms. The van der Waals surface area contributed by atoms with E-state index in [0.29, 0.717) is 27.0 Å². The molecule has 2 aromatic rings. The quantitative estimate of drug-likeness (QED) is 0.857. The lowest BCUT2D eigenvalue weighted by molar-refractivity contribution is 0.262. The lowest BCUT2D eigenvalue weighted by atomic mass is 10.2. The SMILES string of the molecule is N#Cc1ccc(Cl)c(NC(=O)Nc2ccc(Cl)cc2)c1. The van der Waals surface area contributed by atoms with Gasteiger partial charge in [0.2, 0.25) is 0 Å². The van der Waals surface area contributed by atoms with Crippen LogP contribution in [0.15, 0.2) is 42.5 Å². The molecule has 0 radical (unpaired) electrons. The molecule has 100 valence electrons. The van der Waals surface area contributed by atoms with Crippen molar-refractivity contribution in [3.63, 3.8) is 0 Å².